The first-order valence-corrected chi connectivity index (χ1v) is 15.0. The molecule has 0 heterocycles. The van der Waals surface area contributed by atoms with Gasteiger partial charge in [0.25, 0.3) is 0 Å². The van der Waals surface area contributed by atoms with Gasteiger partial charge in [-0.2, -0.15) is 0 Å². The zero-order valence-corrected chi connectivity index (χ0v) is 21.2. The molecular weight excluding hydrogens is 360 g/mol. The minimum Gasteiger partial charge on any atom is -0.0533 e. The highest BCUT2D eigenvalue weighted by Crippen LogP contribution is 2.17. The summed E-state index contributed by atoms with van der Waals surface area (Å²) in [6.45, 7) is 0. The van der Waals surface area contributed by atoms with E-state index in [2.05, 4.69) is 0 Å². The molecule has 0 atom stereocenters. The Kier molecular flexibility index (Phi) is 23.6. The third kappa shape index (κ3) is 22.7. The lowest BCUT2D eigenvalue weighted by molar-refractivity contribution is 0.504. The maximum absolute atomic E-state index is 1.50. The smallest absolute Gasteiger partial charge is 0.0533 e. The van der Waals surface area contributed by atoms with Crippen LogP contribution in [0.2, 0.25) is 0 Å². The van der Waals surface area contributed by atoms with Crippen LogP contribution in [0.4, 0.5) is 0 Å². The van der Waals surface area contributed by atoms with Crippen molar-refractivity contribution in [1.29, 1.82) is 0 Å². The lowest BCUT2D eigenvalue weighted by atomic mass is 10.0. The van der Waals surface area contributed by atoms with Crippen molar-refractivity contribution < 1.29 is 0 Å². The molecule has 180 valence electrons. The van der Waals surface area contributed by atoms with Crippen molar-refractivity contribution in [2.24, 2.45) is 0 Å². The van der Waals surface area contributed by atoms with E-state index in [0.717, 1.165) is 0 Å². The average molecular weight is 421 g/mol. The van der Waals surface area contributed by atoms with E-state index in [4.69, 9.17) is 0 Å². The van der Waals surface area contributed by atoms with Gasteiger partial charge >= 0.3 is 0 Å². The van der Waals surface area contributed by atoms with E-state index in [1.165, 1.54) is 193 Å². The minimum atomic E-state index is 1.50. The van der Waals surface area contributed by atoms with Crippen LogP contribution < -0.4 is 0 Å². The highest BCUT2D eigenvalue weighted by molar-refractivity contribution is 4.53. The van der Waals surface area contributed by atoms with Crippen molar-refractivity contribution >= 4 is 0 Å². The first-order valence-electron chi connectivity index (χ1n) is 15.0. The van der Waals surface area contributed by atoms with Crippen molar-refractivity contribution in [3.05, 3.63) is 0 Å². The van der Waals surface area contributed by atoms with Gasteiger partial charge in [0, 0.05) is 0 Å². The molecule has 0 heteroatoms. The van der Waals surface area contributed by atoms with Crippen molar-refractivity contribution in [2.45, 2.75) is 193 Å². The second-order valence-electron chi connectivity index (χ2n) is 10.6. The molecule has 0 bridgehead atoms. The van der Waals surface area contributed by atoms with Crippen LogP contribution in [0.1, 0.15) is 193 Å². The summed E-state index contributed by atoms with van der Waals surface area (Å²) in [6.07, 6.45) is 45.0. The third-order valence-corrected chi connectivity index (χ3v) is 7.50. The fourth-order valence-corrected chi connectivity index (χ4v) is 5.30. The Morgan fingerprint density at radius 3 is 0.133 bits per heavy atom. The summed E-state index contributed by atoms with van der Waals surface area (Å²) >= 11 is 0. The largest absolute Gasteiger partial charge is 0.0533 e. The van der Waals surface area contributed by atoms with Gasteiger partial charge in [-0.1, -0.05) is 193 Å². The molecule has 0 radical (unpaired) electrons. The molecule has 0 aliphatic heterocycles. The highest BCUT2D eigenvalue weighted by atomic mass is 14.0. The van der Waals surface area contributed by atoms with E-state index in [1.54, 1.807) is 0 Å². The Balaban J connectivity index is 0.000000303. The van der Waals surface area contributed by atoms with Gasteiger partial charge in [-0.3, -0.25) is 0 Å². The zero-order valence-electron chi connectivity index (χ0n) is 21.2. The predicted octanol–water partition coefficient (Wildman–Crippen LogP) is 11.7. The van der Waals surface area contributed by atoms with Gasteiger partial charge < -0.3 is 0 Å². The molecule has 0 aromatic rings. The van der Waals surface area contributed by atoms with Crippen molar-refractivity contribution in [2.75, 3.05) is 0 Å². The molecule has 0 saturated heterocycles. The number of rotatable bonds is 0. The third-order valence-electron chi connectivity index (χ3n) is 7.50. The summed E-state index contributed by atoms with van der Waals surface area (Å²) in [4.78, 5) is 0. The summed E-state index contributed by atoms with van der Waals surface area (Å²) in [5, 5.41) is 0. The molecule has 0 spiro atoms. The Morgan fingerprint density at radius 1 is 0.0667 bits per heavy atom. The molecule has 2 rings (SSSR count). The lowest BCUT2D eigenvalue weighted by Gasteiger charge is -2.05. The van der Waals surface area contributed by atoms with Crippen molar-refractivity contribution in [1.82, 2.24) is 0 Å². The van der Waals surface area contributed by atoms with Gasteiger partial charge in [0.1, 0.15) is 0 Å². The SMILES string of the molecule is C1CCCCCCCCCCCCC1.C1CCCCCCCCCCCCCCC1. The molecule has 0 aromatic heterocycles. The summed E-state index contributed by atoms with van der Waals surface area (Å²) in [5.41, 5.74) is 0. The second kappa shape index (κ2) is 25.3. The Hall–Kier alpha value is 0. The Morgan fingerprint density at radius 2 is 0.100 bits per heavy atom. The average Bonchev–Trinajstić information content (AvgIpc) is 2.76. The van der Waals surface area contributed by atoms with Crippen LogP contribution in [0, 0.1) is 0 Å². The van der Waals surface area contributed by atoms with Crippen LogP contribution in [0.25, 0.3) is 0 Å². The summed E-state index contributed by atoms with van der Waals surface area (Å²) in [7, 11) is 0. The molecule has 0 amide bonds. The molecule has 0 unspecified atom stereocenters. The van der Waals surface area contributed by atoms with Crippen LogP contribution in [0.3, 0.4) is 0 Å². The molecule has 0 N–H and O–H groups in total. The van der Waals surface area contributed by atoms with Gasteiger partial charge in [-0.15, -0.1) is 0 Å². The van der Waals surface area contributed by atoms with E-state index in [0.29, 0.717) is 0 Å². The van der Waals surface area contributed by atoms with E-state index < -0.39 is 0 Å². The van der Waals surface area contributed by atoms with Crippen LogP contribution in [-0.4, -0.2) is 0 Å². The van der Waals surface area contributed by atoms with Gasteiger partial charge in [-0.25, -0.2) is 0 Å². The number of hydrogen-bond donors (Lipinski definition) is 0. The standard InChI is InChI=1S/C16H32.C14H28/c1-2-4-6-8-10-12-14-16-15-13-11-9-7-5-3-1;1-2-4-6-8-10-12-14-13-11-9-7-5-3-1/h1-16H2;1-14H2. The molecular formula is C30H60. The van der Waals surface area contributed by atoms with E-state index >= 15 is 0 Å². The van der Waals surface area contributed by atoms with Crippen LogP contribution >= 0.6 is 0 Å². The normalized spacial score (nSPS) is 24.0. The first-order chi connectivity index (χ1) is 15.0. The van der Waals surface area contributed by atoms with Crippen molar-refractivity contribution in [3.63, 3.8) is 0 Å². The van der Waals surface area contributed by atoms with Crippen LogP contribution in [-0.2, 0) is 0 Å². The molecule has 2 saturated carbocycles. The molecule has 2 aliphatic carbocycles. The molecule has 2 fully saturated rings. The van der Waals surface area contributed by atoms with Gasteiger partial charge in [0.15, 0.2) is 0 Å². The lowest BCUT2D eigenvalue weighted by Crippen LogP contribution is -1.85. The quantitative estimate of drug-likeness (QED) is 0.365. The maximum atomic E-state index is 1.50. The molecule has 30 heavy (non-hydrogen) atoms. The Bertz CT molecular complexity index is 177. The summed E-state index contributed by atoms with van der Waals surface area (Å²) in [6, 6.07) is 0. The van der Waals surface area contributed by atoms with Gasteiger partial charge in [-0.05, 0) is 0 Å². The summed E-state index contributed by atoms with van der Waals surface area (Å²) in [5.74, 6) is 0. The van der Waals surface area contributed by atoms with Gasteiger partial charge in [0.05, 0.1) is 0 Å². The maximum Gasteiger partial charge on any atom is -0.0533 e. The topological polar surface area (TPSA) is 0 Å². The van der Waals surface area contributed by atoms with Crippen LogP contribution in [0.5, 0.6) is 0 Å². The number of hydrogen-bond acceptors (Lipinski definition) is 0. The minimum absolute atomic E-state index is 1.50. The molecule has 0 nitrogen and oxygen atoms in total. The summed E-state index contributed by atoms with van der Waals surface area (Å²) < 4.78 is 0. The van der Waals surface area contributed by atoms with E-state index in [9.17, 15) is 0 Å². The first kappa shape index (κ1) is 28.0. The van der Waals surface area contributed by atoms with Crippen LogP contribution in [0.15, 0.2) is 0 Å². The molecule has 0 aromatic carbocycles. The van der Waals surface area contributed by atoms with Crippen molar-refractivity contribution in [3.8, 4) is 0 Å². The second-order valence-corrected chi connectivity index (χ2v) is 10.6. The zero-order chi connectivity index (χ0) is 21.2. The fraction of sp³-hybridized carbons (Fsp3) is 1.00. The Labute approximate surface area is 192 Å². The highest BCUT2D eigenvalue weighted by Gasteiger charge is 1.97. The monoisotopic (exact) mass is 420 g/mol. The van der Waals surface area contributed by atoms with E-state index in [1.807, 2.05) is 0 Å². The molecule has 2 aliphatic rings. The fourth-order valence-electron chi connectivity index (χ4n) is 5.30. The predicted molar refractivity (Wildman–Crippen MR) is 139 cm³/mol. The van der Waals surface area contributed by atoms with E-state index in [-0.39, 0.29) is 0 Å². The van der Waals surface area contributed by atoms with Gasteiger partial charge in [0.2, 0.25) is 0 Å².